The van der Waals surface area contributed by atoms with E-state index < -0.39 is 6.09 Å². The number of rotatable bonds is 6. The molecule has 5 nitrogen and oxygen atoms in total. The van der Waals surface area contributed by atoms with Gasteiger partial charge in [-0.2, -0.15) is 0 Å². The van der Waals surface area contributed by atoms with Crippen LogP contribution in [0.15, 0.2) is 18.2 Å². The molecule has 2 aliphatic carbocycles. The molecule has 138 valence electrons. The normalized spacial score (nSPS) is 18.8. The minimum absolute atomic E-state index is 0.325. The topological polar surface area (TPSA) is 59.6 Å². The Morgan fingerprint density at radius 2 is 1.76 bits per heavy atom. The van der Waals surface area contributed by atoms with Crippen LogP contribution in [-0.4, -0.2) is 24.8 Å². The molecule has 2 aliphatic rings. The van der Waals surface area contributed by atoms with Crippen LogP contribution < -0.4 is 15.4 Å². The Labute approximate surface area is 150 Å². The van der Waals surface area contributed by atoms with Gasteiger partial charge in [0.2, 0.25) is 0 Å². The number of nitrogens with one attached hydrogen (secondary N) is 2. The predicted molar refractivity (Wildman–Crippen MR) is 100 cm³/mol. The molecule has 25 heavy (non-hydrogen) atoms. The largest absolute Gasteiger partial charge is 0.490 e. The minimum Gasteiger partial charge on any atom is -0.490 e. The highest BCUT2D eigenvalue weighted by Gasteiger charge is 2.19. The summed E-state index contributed by atoms with van der Waals surface area (Å²) in [4.78, 5) is 11.8. The molecule has 1 aromatic rings. The number of ether oxygens (including phenoxy) is 2. The summed E-state index contributed by atoms with van der Waals surface area (Å²) in [6.45, 7) is 2.17. The predicted octanol–water partition coefficient (Wildman–Crippen LogP) is 5.32. The highest BCUT2D eigenvalue weighted by molar-refractivity contribution is 5.89. The van der Waals surface area contributed by atoms with Crippen molar-refractivity contribution in [3.63, 3.8) is 0 Å². The van der Waals surface area contributed by atoms with Crippen LogP contribution in [0.2, 0.25) is 0 Å². The van der Waals surface area contributed by atoms with E-state index in [-0.39, 0.29) is 0 Å². The van der Waals surface area contributed by atoms with Gasteiger partial charge in [-0.25, -0.2) is 4.79 Å². The van der Waals surface area contributed by atoms with E-state index >= 15 is 0 Å². The van der Waals surface area contributed by atoms with Crippen LogP contribution in [0, 0.1) is 0 Å². The maximum Gasteiger partial charge on any atom is 0.411 e. The zero-order chi connectivity index (χ0) is 17.5. The van der Waals surface area contributed by atoms with Gasteiger partial charge in [0.05, 0.1) is 24.1 Å². The van der Waals surface area contributed by atoms with E-state index in [1.54, 1.807) is 6.92 Å². The third-order valence-corrected chi connectivity index (χ3v) is 5.07. The lowest BCUT2D eigenvalue weighted by Crippen LogP contribution is -2.24. The van der Waals surface area contributed by atoms with Gasteiger partial charge in [0, 0.05) is 12.1 Å². The zero-order valence-electron chi connectivity index (χ0n) is 15.2. The Hall–Kier alpha value is -1.91. The van der Waals surface area contributed by atoms with E-state index in [1.807, 2.05) is 18.2 Å². The quantitative estimate of drug-likeness (QED) is 0.732. The molecule has 0 radical (unpaired) electrons. The van der Waals surface area contributed by atoms with Crippen LogP contribution in [0.5, 0.6) is 5.75 Å². The SMILES string of the molecule is CCOC(=O)Nc1ccc(OC2CCCC2)cc1NC1CCCCC1. The summed E-state index contributed by atoms with van der Waals surface area (Å²) in [6, 6.07) is 6.32. The molecule has 3 rings (SSSR count). The third-order valence-electron chi connectivity index (χ3n) is 5.07. The fourth-order valence-corrected chi connectivity index (χ4v) is 3.77. The van der Waals surface area contributed by atoms with Crippen LogP contribution >= 0.6 is 0 Å². The molecule has 0 aromatic heterocycles. The summed E-state index contributed by atoms with van der Waals surface area (Å²) in [5, 5.41) is 6.45. The van der Waals surface area contributed by atoms with Gasteiger partial charge in [-0.05, 0) is 57.6 Å². The Kier molecular flexibility index (Phi) is 6.42. The molecule has 2 fully saturated rings. The summed E-state index contributed by atoms with van der Waals surface area (Å²) in [6.07, 6.45) is 10.9. The highest BCUT2D eigenvalue weighted by Crippen LogP contribution is 2.32. The summed E-state index contributed by atoms with van der Waals surface area (Å²) in [5.41, 5.74) is 1.68. The number of amides is 1. The lowest BCUT2D eigenvalue weighted by Gasteiger charge is -2.26. The molecule has 1 amide bonds. The van der Waals surface area contributed by atoms with Crippen LogP contribution in [0.25, 0.3) is 0 Å². The van der Waals surface area contributed by atoms with E-state index in [2.05, 4.69) is 10.6 Å². The Morgan fingerprint density at radius 1 is 1.04 bits per heavy atom. The molecule has 0 heterocycles. The second-order valence-corrected chi connectivity index (χ2v) is 7.06. The molecule has 1 aromatic carbocycles. The van der Waals surface area contributed by atoms with Crippen molar-refractivity contribution < 1.29 is 14.3 Å². The van der Waals surface area contributed by atoms with Crippen LogP contribution in [-0.2, 0) is 4.74 Å². The average molecular weight is 346 g/mol. The number of benzene rings is 1. The second-order valence-electron chi connectivity index (χ2n) is 7.06. The van der Waals surface area contributed by atoms with Gasteiger partial charge < -0.3 is 14.8 Å². The van der Waals surface area contributed by atoms with E-state index in [0.717, 1.165) is 30.0 Å². The molecule has 0 atom stereocenters. The lowest BCUT2D eigenvalue weighted by atomic mass is 9.95. The van der Waals surface area contributed by atoms with E-state index in [0.29, 0.717) is 18.8 Å². The number of anilines is 2. The minimum atomic E-state index is -0.418. The summed E-state index contributed by atoms with van der Waals surface area (Å²) in [7, 11) is 0. The van der Waals surface area contributed by atoms with Gasteiger partial charge in [-0.15, -0.1) is 0 Å². The molecule has 5 heteroatoms. The number of carbonyl (C=O) groups excluding carboxylic acids is 1. The maximum atomic E-state index is 11.8. The first kappa shape index (κ1) is 17.9. The molecule has 0 saturated heterocycles. The molecule has 2 N–H and O–H groups in total. The van der Waals surface area contributed by atoms with Gasteiger partial charge >= 0.3 is 6.09 Å². The van der Waals surface area contributed by atoms with Crippen molar-refractivity contribution in [2.45, 2.75) is 76.9 Å². The summed E-state index contributed by atoms with van der Waals surface area (Å²) in [5.74, 6) is 0.875. The van der Waals surface area contributed by atoms with Crippen molar-refractivity contribution in [2.75, 3.05) is 17.2 Å². The fraction of sp³-hybridized carbons (Fsp3) is 0.650. The molecular formula is C20H30N2O3. The Morgan fingerprint density at radius 3 is 2.48 bits per heavy atom. The summed E-state index contributed by atoms with van der Waals surface area (Å²) >= 11 is 0. The van der Waals surface area contributed by atoms with Gasteiger partial charge in [0.15, 0.2) is 0 Å². The molecule has 2 saturated carbocycles. The molecular weight excluding hydrogens is 316 g/mol. The number of hydrogen-bond acceptors (Lipinski definition) is 4. The smallest absolute Gasteiger partial charge is 0.411 e. The Bertz CT molecular complexity index is 564. The second kappa shape index (κ2) is 8.97. The molecule has 0 unspecified atom stereocenters. The average Bonchev–Trinajstić information content (AvgIpc) is 3.11. The lowest BCUT2D eigenvalue weighted by molar-refractivity contribution is 0.168. The van der Waals surface area contributed by atoms with Gasteiger partial charge in [0.25, 0.3) is 0 Å². The van der Waals surface area contributed by atoms with Crippen molar-refractivity contribution in [1.29, 1.82) is 0 Å². The first-order valence-electron chi connectivity index (χ1n) is 9.75. The van der Waals surface area contributed by atoms with E-state index in [4.69, 9.17) is 9.47 Å². The zero-order valence-corrected chi connectivity index (χ0v) is 15.2. The van der Waals surface area contributed by atoms with E-state index in [1.165, 1.54) is 44.9 Å². The first-order chi connectivity index (χ1) is 12.2. The van der Waals surface area contributed by atoms with Crippen LogP contribution in [0.3, 0.4) is 0 Å². The van der Waals surface area contributed by atoms with Crippen molar-refractivity contribution in [2.24, 2.45) is 0 Å². The Balaban J connectivity index is 1.73. The summed E-state index contributed by atoms with van der Waals surface area (Å²) < 4.78 is 11.1. The number of hydrogen-bond donors (Lipinski definition) is 2. The van der Waals surface area contributed by atoms with E-state index in [9.17, 15) is 4.79 Å². The fourth-order valence-electron chi connectivity index (χ4n) is 3.77. The van der Waals surface area contributed by atoms with Crippen molar-refractivity contribution in [3.8, 4) is 5.75 Å². The monoisotopic (exact) mass is 346 g/mol. The maximum absolute atomic E-state index is 11.8. The van der Waals surface area contributed by atoms with Crippen molar-refractivity contribution in [3.05, 3.63) is 18.2 Å². The standard InChI is InChI=1S/C20H30N2O3/c1-2-24-20(23)22-18-13-12-17(25-16-10-6-7-11-16)14-19(18)21-15-8-4-3-5-9-15/h12-16,21H,2-11H2,1H3,(H,22,23). The van der Waals surface area contributed by atoms with Gasteiger partial charge in [-0.3, -0.25) is 5.32 Å². The third kappa shape index (κ3) is 5.28. The number of carbonyl (C=O) groups is 1. The van der Waals surface area contributed by atoms with Crippen molar-refractivity contribution in [1.82, 2.24) is 0 Å². The van der Waals surface area contributed by atoms with Crippen LogP contribution in [0.4, 0.5) is 16.2 Å². The molecule has 0 aliphatic heterocycles. The highest BCUT2D eigenvalue weighted by atomic mass is 16.5. The van der Waals surface area contributed by atoms with Crippen molar-refractivity contribution >= 4 is 17.5 Å². The van der Waals surface area contributed by atoms with Gasteiger partial charge in [0.1, 0.15) is 5.75 Å². The molecule has 0 spiro atoms. The van der Waals surface area contributed by atoms with Crippen LogP contribution in [0.1, 0.15) is 64.7 Å². The van der Waals surface area contributed by atoms with Gasteiger partial charge in [-0.1, -0.05) is 19.3 Å². The molecule has 0 bridgehead atoms. The first-order valence-corrected chi connectivity index (χ1v) is 9.75.